The fourth-order valence-electron chi connectivity index (χ4n) is 1.88. The minimum absolute atomic E-state index is 0.234. The van der Waals surface area contributed by atoms with Gasteiger partial charge in [-0.1, -0.05) is 20.3 Å². The van der Waals surface area contributed by atoms with Crippen molar-refractivity contribution in [3.63, 3.8) is 0 Å². The number of anilines is 1. The van der Waals surface area contributed by atoms with E-state index in [1.54, 1.807) is 6.20 Å². The number of carbonyl (C=O) groups is 1. The molecule has 2 rings (SSSR count). The van der Waals surface area contributed by atoms with Crippen LogP contribution in [0.25, 0.3) is 0 Å². The molecule has 2 heterocycles. The second-order valence-electron chi connectivity index (χ2n) is 4.01. The van der Waals surface area contributed by atoms with Gasteiger partial charge in [0.15, 0.2) is 0 Å². The van der Waals surface area contributed by atoms with E-state index in [-0.39, 0.29) is 5.91 Å². The average molecular weight is 234 g/mol. The number of hydrogen-bond donors (Lipinski definition) is 0. The van der Waals surface area contributed by atoms with Crippen LogP contribution in [0, 0.1) is 6.92 Å². The molecule has 3 heteroatoms. The molecule has 0 N–H and O–H groups in total. The minimum atomic E-state index is 0.234. The zero-order valence-corrected chi connectivity index (χ0v) is 11.1. The van der Waals surface area contributed by atoms with Crippen molar-refractivity contribution in [3.8, 4) is 0 Å². The van der Waals surface area contributed by atoms with E-state index in [4.69, 9.17) is 0 Å². The van der Waals surface area contributed by atoms with Crippen LogP contribution in [0.3, 0.4) is 0 Å². The molecular formula is C14H22N2O. The fraction of sp³-hybridized carbons (Fsp3) is 0.571. The summed E-state index contributed by atoms with van der Waals surface area (Å²) in [7, 11) is 0. The first-order valence-corrected chi connectivity index (χ1v) is 6.50. The van der Waals surface area contributed by atoms with Crippen molar-refractivity contribution in [3.05, 3.63) is 24.0 Å². The Balaban J connectivity index is 0.000000686. The van der Waals surface area contributed by atoms with Crippen molar-refractivity contribution in [2.45, 2.75) is 46.5 Å². The standard InChI is InChI=1S/C12H16N2O.C2H6/c1-10-6-7-11(9-13-10)14-8-4-2-3-5-12(14)15;1-2/h6-7,9H,2-5,8H2,1H3;1-2H3. The lowest BCUT2D eigenvalue weighted by molar-refractivity contribution is -0.118. The molecule has 0 atom stereocenters. The predicted molar refractivity (Wildman–Crippen MR) is 71.1 cm³/mol. The monoisotopic (exact) mass is 234 g/mol. The topological polar surface area (TPSA) is 33.2 Å². The molecule has 1 saturated heterocycles. The molecule has 0 saturated carbocycles. The van der Waals surface area contributed by atoms with E-state index < -0.39 is 0 Å². The third-order valence-electron chi connectivity index (χ3n) is 2.78. The largest absolute Gasteiger partial charge is 0.311 e. The molecule has 0 aliphatic carbocycles. The molecule has 0 unspecified atom stereocenters. The lowest BCUT2D eigenvalue weighted by Crippen LogP contribution is -2.30. The van der Waals surface area contributed by atoms with Gasteiger partial charge in [-0.05, 0) is 31.9 Å². The molecular weight excluding hydrogens is 212 g/mol. The van der Waals surface area contributed by atoms with Crippen LogP contribution >= 0.6 is 0 Å². The first-order chi connectivity index (χ1) is 8.27. The van der Waals surface area contributed by atoms with Crippen molar-refractivity contribution in [2.75, 3.05) is 11.4 Å². The highest BCUT2D eigenvalue weighted by Crippen LogP contribution is 2.19. The van der Waals surface area contributed by atoms with Crippen LogP contribution in [0.1, 0.15) is 45.2 Å². The fourth-order valence-corrected chi connectivity index (χ4v) is 1.88. The summed E-state index contributed by atoms with van der Waals surface area (Å²) in [5, 5.41) is 0. The number of pyridine rings is 1. The zero-order chi connectivity index (χ0) is 12.7. The molecule has 3 nitrogen and oxygen atoms in total. The average Bonchev–Trinajstić information content (AvgIpc) is 2.58. The summed E-state index contributed by atoms with van der Waals surface area (Å²) in [4.78, 5) is 17.9. The molecule has 1 aromatic heterocycles. The van der Waals surface area contributed by atoms with Gasteiger partial charge in [-0.25, -0.2) is 0 Å². The molecule has 1 aromatic rings. The quantitative estimate of drug-likeness (QED) is 0.746. The Morgan fingerprint density at radius 2 is 1.94 bits per heavy atom. The Labute approximate surface area is 104 Å². The van der Waals surface area contributed by atoms with Gasteiger partial charge in [-0.3, -0.25) is 9.78 Å². The number of hydrogen-bond acceptors (Lipinski definition) is 2. The molecule has 0 radical (unpaired) electrons. The molecule has 1 aliphatic rings. The maximum atomic E-state index is 11.8. The van der Waals surface area contributed by atoms with Crippen LogP contribution in [-0.2, 0) is 4.79 Å². The summed E-state index contributed by atoms with van der Waals surface area (Å²) in [5.41, 5.74) is 1.92. The smallest absolute Gasteiger partial charge is 0.227 e. The van der Waals surface area contributed by atoms with Gasteiger partial charge < -0.3 is 4.90 Å². The third kappa shape index (κ3) is 3.84. The number of aryl methyl sites for hydroxylation is 1. The summed E-state index contributed by atoms with van der Waals surface area (Å²) in [6.45, 7) is 6.79. The van der Waals surface area contributed by atoms with Crippen LogP contribution in [0.2, 0.25) is 0 Å². The van der Waals surface area contributed by atoms with Crippen LogP contribution in [0.5, 0.6) is 0 Å². The molecule has 17 heavy (non-hydrogen) atoms. The Morgan fingerprint density at radius 3 is 2.59 bits per heavy atom. The van der Waals surface area contributed by atoms with Crippen LogP contribution in [0.15, 0.2) is 18.3 Å². The molecule has 1 aliphatic heterocycles. The zero-order valence-electron chi connectivity index (χ0n) is 11.1. The van der Waals surface area contributed by atoms with Gasteiger partial charge in [0.25, 0.3) is 0 Å². The van der Waals surface area contributed by atoms with Crippen molar-refractivity contribution in [2.24, 2.45) is 0 Å². The summed E-state index contributed by atoms with van der Waals surface area (Å²) in [5.74, 6) is 0.234. The van der Waals surface area contributed by atoms with E-state index in [1.807, 2.05) is 37.8 Å². The minimum Gasteiger partial charge on any atom is -0.311 e. The number of nitrogens with zero attached hydrogens (tertiary/aromatic N) is 2. The number of aromatic nitrogens is 1. The van der Waals surface area contributed by atoms with Gasteiger partial charge >= 0.3 is 0 Å². The SMILES string of the molecule is CC.Cc1ccc(N2CCCCCC2=O)cn1. The lowest BCUT2D eigenvalue weighted by Gasteiger charge is -2.20. The van der Waals surface area contributed by atoms with E-state index in [9.17, 15) is 4.79 Å². The first kappa shape index (κ1) is 13.7. The van der Waals surface area contributed by atoms with Gasteiger partial charge in [0.1, 0.15) is 0 Å². The van der Waals surface area contributed by atoms with Gasteiger partial charge in [-0.15, -0.1) is 0 Å². The molecule has 0 bridgehead atoms. The summed E-state index contributed by atoms with van der Waals surface area (Å²) >= 11 is 0. The molecule has 0 spiro atoms. The Kier molecular flexibility index (Phi) is 5.67. The maximum absolute atomic E-state index is 11.8. The number of carbonyl (C=O) groups excluding carboxylic acids is 1. The Bertz CT molecular complexity index is 346. The predicted octanol–water partition coefficient (Wildman–Crippen LogP) is 3.32. The molecule has 0 aromatic carbocycles. The highest BCUT2D eigenvalue weighted by molar-refractivity contribution is 5.93. The van der Waals surface area contributed by atoms with Gasteiger partial charge in [0.2, 0.25) is 5.91 Å². The van der Waals surface area contributed by atoms with Crippen molar-refractivity contribution in [1.82, 2.24) is 4.98 Å². The van der Waals surface area contributed by atoms with Crippen LogP contribution in [-0.4, -0.2) is 17.4 Å². The van der Waals surface area contributed by atoms with Crippen molar-refractivity contribution < 1.29 is 4.79 Å². The van der Waals surface area contributed by atoms with Gasteiger partial charge in [-0.2, -0.15) is 0 Å². The Morgan fingerprint density at radius 1 is 1.18 bits per heavy atom. The second-order valence-corrected chi connectivity index (χ2v) is 4.01. The van der Waals surface area contributed by atoms with Crippen LogP contribution < -0.4 is 4.90 Å². The van der Waals surface area contributed by atoms with Crippen LogP contribution in [0.4, 0.5) is 5.69 Å². The first-order valence-electron chi connectivity index (χ1n) is 6.50. The lowest BCUT2D eigenvalue weighted by atomic mass is 10.2. The molecule has 1 amide bonds. The van der Waals surface area contributed by atoms with Crippen molar-refractivity contribution >= 4 is 11.6 Å². The Hall–Kier alpha value is -1.38. The highest BCUT2D eigenvalue weighted by atomic mass is 16.2. The highest BCUT2D eigenvalue weighted by Gasteiger charge is 2.17. The van der Waals surface area contributed by atoms with E-state index in [0.717, 1.165) is 37.2 Å². The van der Waals surface area contributed by atoms with Gasteiger partial charge in [0.05, 0.1) is 11.9 Å². The molecule has 1 fully saturated rings. The van der Waals surface area contributed by atoms with Crippen molar-refractivity contribution in [1.29, 1.82) is 0 Å². The number of rotatable bonds is 1. The van der Waals surface area contributed by atoms with E-state index >= 15 is 0 Å². The van der Waals surface area contributed by atoms with E-state index in [0.29, 0.717) is 6.42 Å². The maximum Gasteiger partial charge on any atom is 0.227 e. The number of amides is 1. The van der Waals surface area contributed by atoms with Gasteiger partial charge in [0, 0.05) is 18.7 Å². The van der Waals surface area contributed by atoms with E-state index in [2.05, 4.69) is 4.98 Å². The summed E-state index contributed by atoms with van der Waals surface area (Å²) in [6.07, 6.45) is 5.74. The normalized spacial score (nSPS) is 15.9. The third-order valence-corrected chi connectivity index (χ3v) is 2.78. The summed E-state index contributed by atoms with van der Waals surface area (Å²) in [6, 6.07) is 3.93. The summed E-state index contributed by atoms with van der Waals surface area (Å²) < 4.78 is 0. The van der Waals surface area contributed by atoms with E-state index in [1.165, 1.54) is 0 Å². The second kappa shape index (κ2) is 7.05. The molecule has 94 valence electrons.